The topological polar surface area (TPSA) is 26.0 Å². The number of aryl methyl sites for hydroxylation is 1. The quantitative estimate of drug-likeness (QED) is 0.702. The highest BCUT2D eigenvalue weighted by Gasteiger charge is 2.03. The zero-order chi connectivity index (χ0) is 9.68. The number of nitrogens with two attached hydrogens (primary N) is 1. The molecule has 0 radical (unpaired) electrons. The predicted octanol–water partition coefficient (Wildman–Crippen LogP) is 3.17. The Balaban J connectivity index is 2.95. The largest absolute Gasteiger partial charge is 0.398 e. The molecule has 0 saturated heterocycles. The van der Waals surface area contributed by atoms with Gasteiger partial charge in [0.05, 0.1) is 0 Å². The van der Waals surface area contributed by atoms with Gasteiger partial charge in [-0.15, -0.1) is 0 Å². The lowest BCUT2D eigenvalue weighted by molar-refractivity contribution is 0.863. The van der Waals surface area contributed by atoms with Crippen molar-refractivity contribution in [3.05, 3.63) is 29.3 Å². The van der Waals surface area contributed by atoms with Gasteiger partial charge in [0.2, 0.25) is 0 Å². The van der Waals surface area contributed by atoms with E-state index in [1.807, 2.05) is 6.07 Å². The molecule has 0 unspecified atom stereocenters. The van der Waals surface area contributed by atoms with E-state index in [-0.39, 0.29) is 0 Å². The molecule has 0 aliphatic rings. The van der Waals surface area contributed by atoms with Gasteiger partial charge in [0.1, 0.15) is 0 Å². The Kier molecular flexibility index (Phi) is 3.81. The predicted molar refractivity (Wildman–Crippen MR) is 58.8 cm³/mol. The van der Waals surface area contributed by atoms with Crippen LogP contribution in [-0.4, -0.2) is 0 Å². The molecule has 1 aromatic carbocycles. The van der Waals surface area contributed by atoms with Crippen LogP contribution in [0.15, 0.2) is 18.2 Å². The van der Waals surface area contributed by atoms with E-state index in [1.165, 1.54) is 24.0 Å². The SMILES string of the molecule is CCCc1cccc(N)c1CCC. The lowest BCUT2D eigenvalue weighted by Crippen LogP contribution is -1.99. The molecule has 1 heteroatoms. The summed E-state index contributed by atoms with van der Waals surface area (Å²) in [6, 6.07) is 6.26. The van der Waals surface area contributed by atoms with Crippen molar-refractivity contribution in [2.75, 3.05) is 5.73 Å². The second-order valence-corrected chi connectivity index (χ2v) is 3.48. The molecule has 0 amide bonds. The molecule has 0 aliphatic carbocycles. The molecular formula is C12H19N. The molecule has 0 atom stereocenters. The number of hydrogen-bond acceptors (Lipinski definition) is 1. The van der Waals surface area contributed by atoms with Gasteiger partial charge in [0.15, 0.2) is 0 Å². The average Bonchev–Trinajstić information content (AvgIpc) is 2.11. The third kappa shape index (κ3) is 2.48. The first-order valence-corrected chi connectivity index (χ1v) is 5.15. The van der Waals surface area contributed by atoms with Crippen molar-refractivity contribution in [1.82, 2.24) is 0 Å². The van der Waals surface area contributed by atoms with E-state index in [4.69, 9.17) is 5.73 Å². The van der Waals surface area contributed by atoms with E-state index in [0.717, 1.165) is 18.5 Å². The van der Waals surface area contributed by atoms with Gasteiger partial charge in [-0.3, -0.25) is 0 Å². The van der Waals surface area contributed by atoms with Crippen LogP contribution in [0.4, 0.5) is 5.69 Å². The highest BCUT2D eigenvalue weighted by atomic mass is 14.6. The molecular weight excluding hydrogens is 158 g/mol. The normalized spacial score (nSPS) is 10.3. The summed E-state index contributed by atoms with van der Waals surface area (Å²) in [6.45, 7) is 4.40. The maximum atomic E-state index is 5.94. The van der Waals surface area contributed by atoms with Gasteiger partial charge in [0.25, 0.3) is 0 Å². The zero-order valence-corrected chi connectivity index (χ0v) is 8.64. The van der Waals surface area contributed by atoms with Crippen molar-refractivity contribution in [3.8, 4) is 0 Å². The Labute approximate surface area is 81.0 Å². The summed E-state index contributed by atoms with van der Waals surface area (Å²) in [5.74, 6) is 0. The summed E-state index contributed by atoms with van der Waals surface area (Å²) in [4.78, 5) is 0. The molecule has 0 saturated carbocycles. The van der Waals surface area contributed by atoms with E-state index < -0.39 is 0 Å². The fourth-order valence-corrected chi connectivity index (χ4v) is 1.71. The highest BCUT2D eigenvalue weighted by molar-refractivity contribution is 5.51. The number of benzene rings is 1. The lowest BCUT2D eigenvalue weighted by atomic mass is 9.98. The van der Waals surface area contributed by atoms with Gasteiger partial charge in [-0.1, -0.05) is 38.8 Å². The summed E-state index contributed by atoms with van der Waals surface area (Å²) in [6.07, 6.45) is 4.63. The first kappa shape index (κ1) is 10.1. The summed E-state index contributed by atoms with van der Waals surface area (Å²) in [7, 11) is 0. The van der Waals surface area contributed by atoms with Crippen molar-refractivity contribution >= 4 is 5.69 Å². The van der Waals surface area contributed by atoms with Crippen LogP contribution in [-0.2, 0) is 12.8 Å². The number of hydrogen-bond donors (Lipinski definition) is 1. The van der Waals surface area contributed by atoms with Crippen LogP contribution < -0.4 is 5.73 Å². The minimum atomic E-state index is 0.966. The minimum Gasteiger partial charge on any atom is -0.398 e. The van der Waals surface area contributed by atoms with Crippen LogP contribution >= 0.6 is 0 Å². The molecule has 2 N–H and O–H groups in total. The first-order valence-electron chi connectivity index (χ1n) is 5.15. The van der Waals surface area contributed by atoms with Gasteiger partial charge in [-0.25, -0.2) is 0 Å². The van der Waals surface area contributed by atoms with E-state index in [0.29, 0.717) is 0 Å². The van der Waals surface area contributed by atoms with Crippen LogP contribution in [0, 0.1) is 0 Å². The highest BCUT2D eigenvalue weighted by Crippen LogP contribution is 2.20. The number of nitrogen functional groups attached to an aromatic ring is 1. The van der Waals surface area contributed by atoms with E-state index >= 15 is 0 Å². The van der Waals surface area contributed by atoms with Gasteiger partial charge < -0.3 is 5.73 Å². The molecule has 1 aromatic rings. The second-order valence-electron chi connectivity index (χ2n) is 3.48. The Bertz CT molecular complexity index is 266. The molecule has 1 rings (SSSR count). The van der Waals surface area contributed by atoms with Gasteiger partial charge in [-0.2, -0.15) is 0 Å². The summed E-state index contributed by atoms with van der Waals surface area (Å²) in [5, 5.41) is 0. The average molecular weight is 177 g/mol. The monoisotopic (exact) mass is 177 g/mol. The Morgan fingerprint density at radius 1 is 1.08 bits per heavy atom. The Morgan fingerprint density at radius 3 is 2.38 bits per heavy atom. The summed E-state index contributed by atoms with van der Waals surface area (Å²) < 4.78 is 0. The Morgan fingerprint density at radius 2 is 1.77 bits per heavy atom. The van der Waals surface area contributed by atoms with Crippen molar-refractivity contribution in [2.45, 2.75) is 39.5 Å². The van der Waals surface area contributed by atoms with E-state index in [1.54, 1.807) is 0 Å². The van der Waals surface area contributed by atoms with Gasteiger partial charge in [0, 0.05) is 5.69 Å². The molecule has 0 fully saturated rings. The van der Waals surface area contributed by atoms with Crippen LogP contribution in [0.3, 0.4) is 0 Å². The third-order valence-corrected chi connectivity index (χ3v) is 2.33. The molecule has 0 spiro atoms. The molecule has 0 aliphatic heterocycles. The van der Waals surface area contributed by atoms with Crippen molar-refractivity contribution in [1.29, 1.82) is 0 Å². The molecule has 0 bridgehead atoms. The maximum absolute atomic E-state index is 5.94. The van der Waals surface area contributed by atoms with Crippen LogP contribution in [0.5, 0.6) is 0 Å². The summed E-state index contributed by atoms with van der Waals surface area (Å²) in [5.41, 5.74) is 9.71. The van der Waals surface area contributed by atoms with Gasteiger partial charge in [-0.05, 0) is 30.0 Å². The van der Waals surface area contributed by atoms with Crippen molar-refractivity contribution < 1.29 is 0 Å². The maximum Gasteiger partial charge on any atom is 0.0349 e. The van der Waals surface area contributed by atoms with Crippen molar-refractivity contribution in [3.63, 3.8) is 0 Å². The molecule has 72 valence electrons. The molecule has 0 aromatic heterocycles. The number of anilines is 1. The van der Waals surface area contributed by atoms with Gasteiger partial charge >= 0.3 is 0 Å². The van der Waals surface area contributed by atoms with Crippen LogP contribution in [0.2, 0.25) is 0 Å². The van der Waals surface area contributed by atoms with E-state index in [2.05, 4.69) is 26.0 Å². The third-order valence-electron chi connectivity index (χ3n) is 2.33. The zero-order valence-electron chi connectivity index (χ0n) is 8.64. The van der Waals surface area contributed by atoms with Crippen molar-refractivity contribution in [2.24, 2.45) is 0 Å². The van der Waals surface area contributed by atoms with Crippen LogP contribution in [0.1, 0.15) is 37.8 Å². The minimum absolute atomic E-state index is 0.966. The Hall–Kier alpha value is -0.980. The molecule has 1 nitrogen and oxygen atoms in total. The lowest BCUT2D eigenvalue weighted by Gasteiger charge is -2.10. The van der Waals surface area contributed by atoms with Crippen LogP contribution in [0.25, 0.3) is 0 Å². The fraction of sp³-hybridized carbons (Fsp3) is 0.500. The van der Waals surface area contributed by atoms with E-state index in [9.17, 15) is 0 Å². The number of rotatable bonds is 4. The fourth-order valence-electron chi connectivity index (χ4n) is 1.71. The molecule has 13 heavy (non-hydrogen) atoms. The smallest absolute Gasteiger partial charge is 0.0349 e. The standard InChI is InChI=1S/C12H19N/c1-3-6-10-8-5-9-12(13)11(10)7-4-2/h5,8-9H,3-4,6-7,13H2,1-2H3. The molecule has 0 heterocycles. The summed E-state index contributed by atoms with van der Waals surface area (Å²) >= 11 is 0. The second kappa shape index (κ2) is 4.90. The first-order chi connectivity index (χ1) is 6.29.